The zero-order valence-corrected chi connectivity index (χ0v) is 33.3. The molecule has 1 heteroatoms. The van der Waals surface area contributed by atoms with E-state index in [0.29, 0.717) is 0 Å². The van der Waals surface area contributed by atoms with E-state index in [0.717, 1.165) is 33.8 Å². The first-order chi connectivity index (χ1) is 28.7. The molecule has 0 atom stereocenters. The van der Waals surface area contributed by atoms with Gasteiger partial charge in [-0.2, -0.15) is 0 Å². The Labute approximate surface area is 343 Å². The number of fused-ring (bicyclic) bond motifs is 13. The Balaban J connectivity index is 1.09. The minimum absolute atomic E-state index is 0.0821. The maximum Gasteiger partial charge on any atom is 0.0726 e. The van der Waals surface area contributed by atoms with Gasteiger partial charge in [0.2, 0.25) is 0 Å². The van der Waals surface area contributed by atoms with Crippen LogP contribution in [0.4, 0.5) is 17.1 Å². The molecule has 0 unspecified atom stereocenters. The van der Waals surface area contributed by atoms with Gasteiger partial charge in [0, 0.05) is 29.7 Å². The van der Waals surface area contributed by atoms with Crippen LogP contribution in [0.5, 0.6) is 0 Å². The smallest absolute Gasteiger partial charge is 0.0726 e. The summed E-state index contributed by atoms with van der Waals surface area (Å²) in [4.78, 5) is 2.46. The molecule has 4 aliphatic carbocycles. The molecule has 0 aliphatic heterocycles. The number of hydrogen-bond donors (Lipinski definition) is 0. The van der Waals surface area contributed by atoms with Gasteiger partial charge in [0.15, 0.2) is 0 Å². The van der Waals surface area contributed by atoms with Gasteiger partial charge in [-0.3, -0.25) is 0 Å². The van der Waals surface area contributed by atoms with Gasteiger partial charge in [-0.15, -0.1) is 0 Å². The van der Waals surface area contributed by atoms with E-state index in [1.807, 2.05) is 18.2 Å². The molecule has 1 nitrogen and oxygen atoms in total. The van der Waals surface area contributed by atoms with Crippen LogP contribution in [0.3, 0.4) is 0 Å². The molecule has 0 amide bonds. The van der Waals surface area contributed by atoms with Crippen molar-refractivity contribution in [1.82, 2.24) is 0 Å². The van der Waals surface area contributed by atoms with Crippen molar-refractivity contribution in [2.75, 3.05) is 4.90 Å². The van der Waals surface area contributed by atoms with E-state index >= 15 is 0 Å². The van der Waals surface area contributed by atoms with Crippen LogP contribution in [-0.2, 0) is 10.8 Å². The van der Waals surface area contributed by atoms with Crippen LogP contribution < -0.4 is 4.90 Å². The minimum atomic E-state index is -0.720. The third-order valence-corrected chi connectivity index (χ3v) is 13.6. The van der Waals surface area contributed by atoms with Crippen LogP contribution in [0.1, 0.15) is 71.2 Å². The molecule has 0 saturated heterocycles. The predicted octanol–water partition coefficient (Wildman–Crippen LogP) is 14.7. The normalized spacial score (nSPS) is 16.2. The van der Waals surface area contributed by atoms with Gasteiger partial charge in [0.1, 0.15) is 0 Å². The Morgan fingerprint density at radius 3 is 1.57 bits per heavy atom. The van der Waals surface area contributed by atoms with E-state index in [-0.39, 0.29) is 5.41 Å². The highest BCUT2D eigenvalue weighted by Gasteiger charge is 2.52. The molecule has 0 radical (unpaired) electrons. The van der Waals surface area contributed by atoms with Crippen molar-refractivity contribution in [2.24, 2.45) is 0 Å². The van der Waals surface area contributed by atoms with Gasteiger partial charge in [-0.05, 0) is 134 Å². The van der Waals surface area contributed by atoms with E-state index in [9.17, 15) is 0 Å². The van der Waals surface area contributed by atoms with E-state index < -0.39 is 11.3 Å². The topological polar surface area (TPSA) is 3.24 Å². The Hall–Kier alpha value is -6.70. The first-order valence-corrected chi connectivity index (χ1v) is 20.6. The lowest BCUT2D eigenvalue weighted by atomic mass is 9.70. The van der Waals surface area contributed by atoms with E-state index in [4.69, 9.17) is 1.37 Å². The largest absolute Gasteiger partial charge is 0.310 e. The zero-order chi connectivity index (χ0) is 39.8. The second-order valence-corrected chi connectivity index (χ2v) is 17.2. The lowest BCUT2D eigenvalue weighted by Gasteiger charge is -2.33. The van der Waals surface area contributed by atoms with Gasteiger partial charge in [0.05, 0.1) is 5.41 Å². The molecule has 0 heterocycles. The van der Waals surface area contributed by atoms with Crippen LogP contribution in [0, 0.1) is 13.8 Å². The number of rotatable bonds is 5. The highest BCUT2D eigenvalue weighted by atomic mass is 15.1. The Morgan fingerprint density at radius 2 is 0.897 bits per heavy atom. The monoisotopic (exact) mass is 742 g/mol. The highest BCUT2D eigenvalue weighted by molar-refractivity contribution is 5.97. The molecule has 58 heavy (non-hydrogen) atoms. The number of nitrogens with zero attached hydrogens (tertiary/aromatic N) is 1. The molecule has 12 rings (SSSR count). The second-order valence-electron chi connectivity index (χ2n) is 17.2. The van der Waals surface area contributed by atoms with Crippen LogP contribution in [0.2, 0.25) is 0 Å². The molecule has 4 aliphatic rings. The van der Waals surface area contributed by atoms with Crippen molar-refractivity contribution in [2.45, 2.75) is 44.4 Å². The number of anilines is 3. The number of allylic oxidation sites excluding steroid dienone is 2. The number of hydrogen-bond acceptors (Lipinski definition) is 1. The maximum atomic E-state index is 8.92. The van der Waals surface area contributed by atoms with Gasteiger partial charge in [-0.1, -0.05) is 171 Å². The summed E-state index contributed by atoms with van der Waals surface area (Å²) < 4.78 is 8.92. The minimum Gasteiger partial charge on any atom is -0.310 e. The average Bonchev–Trinajstić information content (AvgIpc) is 3.79. The van der Waals surface area contributed by atoms with Gasteiger partial charge >= 0.3 is 0 Å². The third kappa shape index (κ3) is 4.53. The predicted molar refractivity (Wildman–Crippen MR) is 242 cm³/mol. The van der Waals surface area contributed by atoms with E-state index in [2.05, 4.69) is 196 Å². The molecule has 276 valence electrons. The molecule has 1 spiro atoms. The molecule has 8 aromatic carbocycles. The Bertz CT molecular complexity index is 3070. The molecule has 8 aromatic rings. The molecule has 0 fully saturated rings. The van der Waals surface area contributed by atoms with Crippen molar-refractivity contribution >= 4 is 17.1 Å². The van der Waals surface area contributed by atoms with Crippen LogP contribution in [-0.4, -0.2) is 0 Å². The van der Waals surface area contributed by atoms with E-state index in [1.54, 1.807) is 0 Å². The fourth-order valence-corrected chi connectivity index (χ4v) is 10.8. The van der Waals surface area contributed by atoms with Crippen molar-refractivity contribution in [3.05, 3.63) is 232 Å². The molecule has 0 aromatic heterocycles. The van der Waals surface area contributed by atoms with Crippen molar-refractivity contribution < 1.29 is 1.37 Å². The molecule has 0 saturated carbocycles. The summed E-state index contributed by atoms with van der Waals surface area (Å²) in [6.45, 7) is 9.15. The SMILES string of the molecule is [2H]C1(c2ccccc2-c2ccc(N(c3ccc4c(c3)-c3ccccc3C4(C)C)c3ccc4c(c3)C3(c5ccccc5-4)c4cc(C)ccc4-c4ccc(C)cc43)cc2)C=C1. The maximum absolute atomic E-state index is 8.92. The van der Waals surface area contributed by atoms with Crippen LogP contribution in [0.25, 0.3) is 44.5 Å². The van der Waals surface area contributed by atoms with Gasteiger partial charge in [0.25, 0.3) is 0 Å². The molecular formula is C57H43N. The van der Waals surface area contributed by atoms with Gasteiger partial charge in [-0.25, -0.2) is 0 Å². The fraction of sp³-hybridized carbons (Fsp3) is 0.123. The van der Waals surface area contributed by atoms with Crippen LogP contribution >= 0.6 is 0 Å². The van der Waals surface area contributed by atoms with Crippen LogP contribution in [0.15, 0.2) is 182 Å². The average molecular weight is 743 g/mol. The molecular weight excluding hydrogens is 699 g/mol. The lowest BCUT2D eigenvalue weighted by Crippen LogP contribution is -2.26. The second kappa shape index (κ2) is 11.9. The fourth-order valence-electron chi connectivity index (χ4n) is 10.8. The Kier molecular flexibility index (Phi) is 6.65. The highest BCUT2D eigenvalue weighted by Crippen LogP contribution is 2.64. The first kappa shape index (κ1) is 32.4. The summed E-state index contributed by atoms with van der Waals surface area (Å²) in [7, 11) is 0. The molecule has 0 N–H and O–H groups in total. The van der Waals surface area contributed by atoms with Crippen molar-refractivity contribution in [1.29, 1.82) is 0 Å². The summed E-state index contributed by atoms with van der Waals surface area (Å²) in [6, 6.07) is 63.8. The van der Waals surface area contributed by atoms with E-state index in [1.165, 1.54) is 77.9 Å². The lowest BCUT2D eigenvalue weighted by molar-refractivity contribution is 0.660. The zero-order valence-electron chi connectivity index (χ0n) is 34.3. The number of aryl methyl sites for hydroxylation is 2. The first-order valence-electron chi connectivity index (χ1n) is 21.1. The summed E-state index contributed by atoms with van der Waals surface area (Å²) in [6.07, 6.45) is 3.94. The summed E-state index contributed by atoms with van der Waals surface area (Å²) in [5.41, 5.74) is 24.6. The summed E-state index contributed by atoms with van der Waals surface area (Å²) >= 11 is 0. The standard InChI is InChI=1S/C57H43N/c1-35-17-27-46-47-28-18-36(2)32-54(47)57(53(46)31-35)52-16-10-8-13-44(52)48-29-25-41(34-55(48)57)58(39-23-21-38(22-24-39)43-12-6-5-11-42(43)37-19-20-37)40-26-30-51-49(33-40)45-14-7-9-15-50(45)56(51,3)4/h5-34,37H,1-4H3/i37D. The number of benzene rings is 8. The Morgan fingerprint density at radius 1 is 0.414 bits per heavy atom. The summed E-state index contributed by atoms with van der Waals surface area (Å²) in [5, 5.41) is 0. The quantitative estimate of drug-likeness (QED) is 0.159. The molecule has 0 bridgehead atoms. The van der Waals surface area contributed by atoms with Crippen molar-refractivity contribution in [3.8, 4) is 44.5 Å². The third-order valence-electron chi connectivity index (χ3n) is 13.6. The summed E-state index contributed by atoms with van der Waals surface area (Å²) in [5.74, 6) is -0.720. The van der Waals surface area contributed by atoms with Gasteiger partial charge < -0.3 is 4.90 Å². The van der Waals surface area contributed by atoms with Crippen molar-refractivity contribution in [3.63, 3.8) is 0 Å².